The number of anilines is 1. The Bertz CT molecular complexity index is 1410. The van der Waals surface area contributed by atoms with Crippen molar-refractivity contribution in [3.8, 4) is 0 Å². The number of amides is 1. The number of nitrogens with one attached hydrogen (secondary N) is 1. The summed E-state index contributed by atoms with van der Waals surface area (Å²) in [5.74, 6) is 0.0993. The predicted molar refractivity (Wildman–Crippen MR) is 128 cm³/mol. The maximum Gasteiger partial charge on any atom is 0.278 e. The number of fused-ring (bicyclic) bond motifs is 2. The minimum absolute atomic E-state index is 0.156. The normalized spacial score (nSPS) is 14.2. The van der Waals surface area contributed by atoms with Crippen molar-refractivity contribution < 1.29 is 9.36 Å². The van der Waals surface area contributed by atoms with E-state index in [4.69, 9.17) is 10.7 Å². The van der Waals surface area contributed by atoms with Crippen LogP contribution in [0.1, 0.15) is 47.2 Å². The molecule has 0 unspecified atom stereocenters. The van der Waals surface area contributed by atoms with Crippen LogP contribution in [0.4, 0.5) is 5.82 Å². The SMILES string of the molecule is Cc1cccn2c(=O)c3cc(C(=O)NC4CCCC4)c(N)[n+](CCc4ccccc4)c3nc12. The molecule has 3 aromatic heterocycles. The van der Waals surface area contributed by atoms with Crippen LogP contribution in [0.5, 0.6) is 0 Å². The molecule has 7 nitrogen and oxygen atoms in total. The minimum Gasteiger partial charge on any atom is -0.349 e. The van der Waals surface area contributed by atoms with E-state index in [1.54, 1.807) is 12.3 Å². The van der Waals surface area contributed by atoms with Gasteiger partial charge in [0.2, 0.25) is 11.5 Å². The average Bonchev–Trinajstić information content (AvgIpc) is 3.33. The molecule has 7 heteroatoms. The van der Waals surface area contributed by atoms with Crippen molar-refractivity contribution in [2.45, 2.75) is 51.6 Å². The van der Waals surface area contributed by atoms with Crippen molar-refractivity contribution >= 4 is 28.4 Å². The third kappa shape index (κ3) is 3.95. The van der Waals surface area contributed by atoms with E-state index in [0.717, 1.165) is 36.8 Å². The van der Waals surface area contributed by atoms with Crippen LogP contribution in [0.25, 0.3) is 16.7 Å². The lowest BCUT2D eigenvalue weighted by molar-refractivity contribution is -0.658. The van der Waals surface area contributed by atoms with Crippen molar-refractivity contribution in [3.63, 3.8) is 0 Å². The van der Waals surface area contributed by atoms with Gasteiger partial charge in [-0.05, 0) is 37.5 Å². The molecule has 1 fully saturated rings. The van der Waals surface area contributed by atoms with E-state index in [0.29, 0.717) is 41.0 Å². The number of benzene rings is 1. The fraction of sp³-hybridized carbons (Fsp3) is 0.308. The first-order valence-electron chi connectivity index (χ1n) is 11.5. The third-order valence-electron chi connectivity index (χ3n) is 6.58. The summed E-state index contributed by atoms with van der Waals surface area (Å²) in [6, 6.07) is 15.6. The molecule has 1 aliphatic rings. The summed E-state index contributed by atoms with van der Waals surface area (Å²) >= 11 is 0. The van der Waals surface area contributed by atoms with E-state index in [2.05, 4.69) is 17.4 Å². The fourth-order valence-electron chi connectivity index (χ4n) is 4.74. The van der Waals surface area contributed by atoms with E-state index in [1.807, 2.05) is 41.8 Å². The molecule has 3 N–H and O–H groups in total. The van der Waals surface area contributed by atoms with Crippen LogP contribution in [0.2, 0.25) is 0 Å². The van der Waals surface area contributed by atoms with Crippen molar-refractivity contribution in [1.29, 1.82) is 0 Å². The van der Waals surface area contributed by atoms with Gasteiger partial charge in [-0.3, -0.25) is 14.0 Å². The van der Waals surface area contributed by atoms with Crippen molar-refractivity contribution in [2.24, 2.45) is 0 Å². The fourth-order valence-corrected chi connectivity index (χ4v) is 4.74. The topological polar surface area (TPSA) is 93.4 Å². The summed E-state index contributed by atoms with van der Waals surface area (Å²) in [6.45, 7) is 2.43. The van der Waals surface area contributed by atoms with E-state index in [9.17, 15) is 9.59 Å². The monoisotopic (exact) mass is 442 g/mol. The zero-order chi connectivity index (χ0) is 22.9. The van der Waals surface area contributed by atoms with Gasteiger partial charge in [0.15, 0.2) is 0 Å². The molecule has 0 radical (unpaired) electrons. The van der Waals surface area contributed by atoms with Gasteiger partial charge in [-0.15, -0.1) is 0 Å². The molecule has 168 valence electrons. The number of carbonyl (C=O) groups is 1. The van der Waals surface area contributed by atoms with Crippen molar-refractivity contribution in [1.82, 2.24) is 14.7 Å². The van der Waals surface area contributed by atoms with Crippen LogP contribution in [-0.4, -0.2) is 21.3 Å². The molecule has 1 saturated carbocycles. The summed E-state index contributed by atoms with van der Waals surface area (Å²) in [5.41, 5.74) is 9.83. The number of aryl methyl sites for hydroxylation is 3. The highest BCUT2D eigenvalue weighted by Gasteiger charge is 2.26. The molecule has 0 spiro atoms. The second-order valence-electron chi connectivity index (χ2n) is 8.82. The van der Waals surface area contributed by atoms with Gasteiger partial charge in [-0.25, -0.2) is 4.57 Å². The van der Waals surface area contributed by atoms with Gasteiger partial charge in [-0.1, -0.05) is 54.2 Å². The number of hydrogen-bond acceptors (Lipinski definition) is 4. The number of nitrogen functional groups attached to an aromatic ring is 1. The molecule has 1 aliphatic carbocycles. The number of aromatic nitrogens is 3. The Morgan fingerprint density at radius 3 is 2.70 bits per heavy atom. The van der Waals surface area contributed by atoms with Gasteiger partial charge in [0, 0.05) is 24.2 Å². The third-order valence-corrected chi connectivity index (χ3v) is 6.58. The average molecular weight is 443 g/mol. The zero-order valence-corrected chi connectivity index (χ0v) is 18.8. The van der Waals surface area contributed by atoms with Crippen LogP contribution < -0.4 is 21.2 Å². The van der Waals surface area contributed by atoms with Crippen molar-refractivity contribution in [2.75, 3.05) is 5.73 Å². The first kappa shape index (κ1) is 21.1. The van der Waals surface area contributed by atoms with Crippen LogP contribution in [0.15, 0.2) is 59.5 Å². The quantitative estimate of drug-likeness (QED) is 0.367. The number of pyridine rings is 2. The lowest BCUT2D eigenvalue weighted by atomic mass is 10.1. The molecule has 0 aliphatic heterocycles. The molecule has 3 heterocycles. The Hall–Kier alpha value is -3.74. The van der Waals surface area contributed by atoms with E-state index >= 15 is 0 Å². The van der Waals surface area contributed by atoms with Gasteiger partial charge in [0.25, 0.3) is 17.1 Å². The lowest BCUT2D eigenvalue weighted by Crippen LogP contribution is -2.44. The summed E-state index contributed by atoms with van der Waals surface area (Å²) in [7, 11) is 0. The van der Waals surface area contributed by atoms with Crippen molar-refractivity contribution in [3.05, 3.63) is 81.8 Å². The molecule has 33 heavy (non-hydrogen) atoms. The van der Waals surface area contributed by atoms with Gasteiger partial charge in [0.1, 0.15) is 10.9 Å². The van der Waals surface area contributed by atoms with E-state index < -0.39 is 0 Å². The number of hydrogen-bond donors (Lipinski definition) is 2. The highest BCUT2D eigenvalue weighted by molar-refractivity contribution is 6.00. The Labute approximate surface area is 191 Å². The van der Waals surface area contributed by atoms with Crippen LogP contribution >= 0.6 is 0 Å². The highest BCUT2D eigenvalue weighted by atomic mass is 16.2. The first-order chi connectivity index (χ1) is 16.0. The maximum atomic E-state index is 13.4. The maximum absolute atomic E-state index is 13.4. The summed E-state index contributed by atoms with van der Waals surface area (Å²) in [5, 5.41) is 3.49. The molecule has 0 saturated heterocycles. The Balaban J connectivity index is 1.68. The molecule has 4 aromatic rings. The summed E-state index contributed by atoms with van der Waals surface area (Å²) in [6.07, 6.45) is 6.59. The standard InChI is InChI=1S/C26H27N5O2/c1-17-8-7-14-31-23(17)29-24-21(26(31)33)16-20(25(32)28-19-11-5-6-12-19)22(27)30(24)15-13-18-9-3-2-4-10-18/h2-4,7-10,14,16,19,27H,5-6,11-13,15H2,1H3,(H,28,32)/p+1. The largest absolute Gasteiger partial charge is 0.349 e. The van der Waals surface area contributed by atoms with Gasteiger partial charge < -0.3 is 11.1 Å². The Morgan fingerprint density at radius 1 is 1.18 bits per heavy atom. The molecule has 5 rings (SSSR count). The molecule has 1 aromatic carbocycles. The lowest BCUT2D eigenvalue weighted by Gasteiger charge is -2.15. The minimum atomic E-state index is -0.233. The molecular weight excluding hydrogens is 414 g/mol. The second-order valence-corrected chi connectivity index (χ2v) is 8.82. The number of nitrogens with zero attached hydrogens (tertiary/aromatic N) is 3. The van der Waals surface area contributed by atoms with Gasteiger partial charge in [-0.2, -0.15) is 0 Å². The van der Waals surface area contributed by atoms with Crippen LogP contribution in [0.3, 0.4) is 0 Å². The Kier molecular flexibility index (Phi) is 5.54. The van der Waals surface area contributed by atoms with Gasteiger partial charge in [0.05, 0.1) is 6.54 Å². The molecule has 1 amide bonds. The smallest absolute Gasteiger partial charge is 0.278 e. The summed E-state index contributed by atoms with van der Waals surface area (Å²) in [4.78, 5) is 31.5. The second kappa shape index (κ2) is 8.65. The summed E-state index contributed by atoms with van der Waals surface area (Å²) < 4.78 is 3.35. The molecule has 0 atom stereocenters. The number of rotatable bonds is 5. The van der Waals surface area contributed by atoms with Gasteiger partial charge >= 0.3 is 0 Å². The molecular formula is C26H28N5O2+. The number of nitrogens with two attached hydrogens (primary N) is 1. The van der Waals surface area contributed by atoms with Crippen LogP contribution in [0, 0.1) is 6.92 Å². The first-order valence-corrected chi connectivity index (χ1v) is 11.5. The number of carbonyl (C=O) groups excluding carboxylic acids is 1. The van der Waals surface area contributed by atoms with Crippen LogP contribution in [-0.2, 0) is 13.0 Å². The Morgan fingerprint density at radius 2 is 1.94 bits per heavy atom. The molecule has 0 bridgehead atoms. The van der Waals surface area contributed by atoms with E-state index in [-0.39, 0.29) is 17.5 Å². The van der Waals surface area contributed by atoms with E-state index in [1.165, 1.54) is 4.40 Å². The zero-order valence-electron chi connectivity index (χ0n) is 18.8. The predicted octanol–water partition coefficient (Wildman–Crippen LogP) is 2.94. The highest BCUT2D eigenvalue weighted by Crippen LogP contribution is 2.20.